The fourth-order valence-corrected chi connectivity index (χ4v) is 1.69. The quantitative estimate of drug-likeness (QED) is 0.624. The third-order valence-electron chi connectivity index (χ3n) is 1.87. The Bertz CT molecular complexity index is 514. The van der Waals surface area contributed by atoms with Gasteiger partial charge in [-0.1, -0.05) is 27.5 Å². The Hall–Kier alpha value is -0.680. The number of hydrogen-bond acceptors (Lipinski definition) is 2. The summed E-state index contributed by atoms with van der Waals surface area (Å²) in [5.74, 6) is -1.37. The standard InChI is InChI=1S/C9H5BrClF2NO/c10-2-1-6-14-9-5(15-6)3-4(12)7(11)8(9)13/h3H,1-2H2. The van der Waals surface area contributed by atoms with Crippen LogP contribution in [0.5, 0.6) is 0 Å². The highest BCUT2D eigenvalue weighted by Gasteiger charge is 2.16. The van der Waals surface area contributed by atoms with Gasteiger partial charge in [0.2, 0.25) is 0 Å². The monoisotopic (exact) mass is 295 g/mol. The Balaban J connectivity index is 2.65. The lowest BCUT2D eigenvalue weighted by molar-refractivity contribution is 0.535. The van der Waals surface area contributed by atoms with Crippen molar-refractivity contribution in [3.63, 3.8) is 0 Å². The van der Waals surface area contributed by atoms with Gasteiger partial charge >= 0.3 is 0 Å². The lowest BCUT2D eigenvalue weighted by atomic mass is 10.3. The molecule has 2 rings (SSSR count). The van der Waals surface area contributed by atoms with Crippen LogP contribution in [0.4, 0.5) is 8.78 Å². The van der Waals surface area contributed by atoms with Gasteiger partial charge in [0.25, 0.3) is 0 Å². The molecule has 0 amide bonds. The number of alkyl halides is 1. The summed E-state index contributed by atoms with van der Waals surface area (Å²) in [5.41, 5.74) is 0.0442. The summed E-state index contributed by atoms with van der Waals surface area (Å²) in [5, 5.41) is 0.0821. The van der Waals surface area contributed by atoms with E-state index in [2.05, 4.69) is 20.9 Å². The fraction of sp³-hybridized carbons (Fsp3) is 0.222. The zero-order valence-corrected chi connectivity index (χ0v) is 9.70. The number of hydrogen-bond donors (Lipinski definition) is 0. The molecule has 0 aliphatic heterocycles. The predicted octanol–water partition coefficient (Wildman–Crippen LogP) is 3.70. The Labute approximate surface area is 97.4 Å². The summed E-state index contributed by atoms with van der Waals surface area (Å²) in [6.45, 7) is 0. The van der Waals surface area contributed by atoms with Crippen molar-refractivity contribution in [2.45, 2.75) is 6.42 Å². The minimum Gasteiger partial charge on any atom is -0.440 e. The van der Waals surface area contributed by atoms with Crippen LogP contribution in [0.2, 0.25) is 5.02 Å². The number of oxazole rings is 1. The SMILES string of the molecule is Fc1cc2oc(CCBr)nc2c(F)c1Cl. The van der Waals surface area contributed by atoms with Crippen LogP contribution in [0.3, 0.4) is 0 Å². The molecule has 80 valence electrons. The summed E-state index contributed by atoms with van der Waals surface area (Å²) in [6, 6.07) is 1.03. The van der Waals surface area contributed by atoms with Crippen LogP contribution >= 0.6 is 27.5 Å². The second-order valence-corrected chi connectivity index (χ2v) is 4.05. The molecule has 1 aromatic carbocycles. The van der Waals surface area contributed by atoms with Crippen molar-refractivity contribution in [2.75, 3.05) is 5.33 Å². The highest BCUT2D eigenvalue weighted by Crippen LogP contribution is 2.27. The van der Waals surface area contributed by atoms with Gasteiger partial charge in [-0.25, -0.2) is 13.8 Å². The van der Waals surface area contributed by atoms with Crippen LogP contribution in [0.1, 0.15) is 5.89 Å². The molecule has 0 aliphatic rings. The van der Waals surface area contributed by atoms with E-state index >= 15 is 0 Å². The van der Waals surface area contributed by atoms with Crippen molar-refractivity contribution in [3.05, 3.63) is 28.6 Å². The number of aryl methyl sites for hydroxylation is 1. The molecule has 0 saturated carbocycles. The molecule has 1 heterocycles. The third-order valence-corrected chi connectivity index (χ3v) is 2.62. The molecule has 2 nitrogen and oxygen atoms in total. The minimum absolute atomic E-state index is 0.0302. The lowest BCUT2D eigenvalue weighted by Gasteiger charge is -1.94. The Kier molecular flexibility index (Phi) is 2.93. The number of rotatable bonds is 2. The zero-order valence-electron chi connectivity index (χ0n) is 7.36. The average Bonchev–Trinajstić information content (AvgIpc) is 2.58. The van der Waals surface area contributed by atoms with E-state index in [1.807, 2.05) is 0 Å². The molecule has 0 N–H and O–H groups in total. The maximum absolute atomic E-state index is 13.4. The van der Waals surface area contributed by atoms with Crippen molar-refractivity contribution < 1.29 is 13.2 Å². The number of halogens is 4. The van der Waals surface area contributed by atoms with Crippen LogP contribution in [-0.2, 0) is 6.42 Å². The third kappa shape index (κ3) is 1.86. The normalized spacial score (nSPS) is 11.2. The van der Waals surface area contributed by atoms with Crippen LogP contribution in [0.15, 0.2) is 10.5 Å². The van der Waals surface area contributed by atoms with Crippen molar-refractivity contribution >= 4 is 38.6 Å². The molecule has 0 aliphatic carbocycles. The average molecular weight is 296 g/mol. The van der Waals surface area contributed by atoms with Gasteiger partial charge in [-0.2, -0.15) is 0 Å². The molecule has 2 aromatic rings. The van der Waals surface area contributed by atoms with E-state index in [4.69, 9.17) is 16.0 Å². The zero-order chi connectivity index (χ0) is 11.0. The van der Waals surface area contributed by atoms with E-state index in [-0.39, 0.29) is 11.1 Å². The summed E-state index contributed by atoms with van der Waals surface area (Å²) < 4.78 is 31.6. The predicted molar refractivity (Wildman–Crippen MR) is 56.4 cm³/mol. The van der Waals surface area contributed by atoms with Crippen molar-refractivity contribution in [2.24, 2.45) is 0 Å². The molecule has 0 fully saturated rings. The van der Waals surface area contributed by atoms with Gasteiger partial charge in [0.1, 0.15) is 16.4 Å². The van der Waals surface area contributed by atoms with Crippen LogP contribution in [0.25, 0.3) is 11.1 Å². The van der Waals surface area contributed by atoms with Gasteiger partial charge < -0.3 is 4.42 Å². The Morgan fingerprint density at radius 1 is 1.47 bits per heavy atom. The molecule has 0 unspecified atom stereocenters. The summed E-state index contributed by atoms with van der Waals surface area (Å²) in [4.78, 5) is 3.88. The minimum atomic E-state index is -0.878. The number of aromatic nitrogens is 1. The highest BCUT2D eigenvalue weighted by molar-refractivity contribution is 9.09. The molecule has 0 radical (unpaired) electrons. The molecule has 0 bridgehead atoms. The van der Waals surface area contributed by atoms with E-state index in [1.165, 1.54) is 0 Å². The smallest absolute Gasteiger partial charge is 0.196 e. The van der Waals surface area contributed by atoms with Crippen molar-refractivity contribution in [1.29, 1.82) is 0 Å². The number of benzene rings is 1. The Morgan fingerprint density at radius 3 is 2.87 bits per heavy atom. The Morgan fingerprint density at radius 2 is 2.20 bits per heavy atom. The largest absolute Gasteiger partial charge is 0.440 e. The molecule has 6 heteroatoms. The van der Waals surface area contributed by atoms with E-state index in [0.717, 1.165) is 6.07 Å². The van der Waals surface area contributed by atoms with Gasteiger partial charge in [0.15, 0.2) is 17.3 Å². The molecule has 0 spiro atoms. The van der Waals surface area contributed by atoms with Crippen LogP contribution in [0, 0.1) is 11.6 Å². The van der Waals surface area contributed by atoms with Gasteiger partial charge in [0, 0.05) is 17.8 Å². The second-order valence-electron chi connectivity index (χ2n) is 2.88. The molecular weight excluding hydrogens is 291 g/mol. The first-order valence-corrected chi connectivity index (χ1v) is 5.62. The van der Waals surface area contributed by atoms with Crippen LogP contribution in [-0.4, -0.2) is 10.3 Å². The summed E-state index contributed by atoms with van der Waals surface area (Å²) in [7, 11) is 0. The maximum Gasteiger partial charge on any atom is 0.196 e. The van der Waals surface area contributed by atoms with Gasteiger partial charge in [-0.05, 0) is 0 Å². The number of fused-ring (bicyclic) bond motifs is 1. The summed E-state index contributed by atoms with van der Waals surface area (Å²) in [6.07, 6.45) is 0.507. The topological polar surface area (TPSA) is 26.0 Å². The first kappa shape index (κ1) is 10.8. The second kappa shape index (κ2) is 4.06. The van der Waals surface area contributed by atoms with E-state index in [0.29, 0.717) is 17.6 Å². The first-order valence-electron chi connectivity index (χ1n) is 4.12. The van der Waals surface area contributed by atoms with E-state index < -0.39 is 16.7 Å². The summed E-state index contributed by atoms with van der Waals surface area (Å²) >= 11 is 8.60. The van der Waals surface area contributed by atoms with Crippen LogP contribution < -0.4 is 0 Å². The first-order chi connectivity index (χ1) is 7.13. The van der Waals surface area contributed by atoms with Crippen molar-refractivity contribution in [1.82, 2.24) is 4.98 Å². The van der Waals surface area contributed by atoms with Gasteiger partial charge in [0.05, 0.1) is 0 Å². The maximum atomic E-state index is 13.4. The molecule has 0 saturated heterocycles. The molecular formula is C9H5BrClF2NO. The van der Waals surface area contributed by atoms with E-state index in [9.17, 15) is 8.78 Å². The van der Waals surface area contributed by atoms with Gasteiger partial charge in [-0.3, -0.25) is 0 Å². The number of nitrogens with zero attached hydrogens (tertiary/aromatic N) is 1. The van der Waals surface area contributed by atoms with Gasteiger partial charge in [-0.15, -0.1) is 0 Å². The highest BCUT2D eigenvalue weighted by atomic mass is 79.9. The molecule has 15 heavy (non-hydrogen) atoms. The fourth-order valence-electron chi connectivity index (χ4n) is 1.21. The molecule has 0 atom stereocenters. The molecule has 1 aromatic heterocycles. The van der Waals surface area contributed by atoms with Crippen molar-refractivity contribution in [3.8, 4) is 0 Å². The lowest BCUT2D eigenvalue weighted by Crippen LogP contribution is -1.86. The van der Waals surface area contributed by atoms with E-state index in [1.54, 1.807) is 0 Å².